The van der Waals surface area contributed by atoms with E-state index >= 15 is 0 Å². The van der Waals surface area contributed by atoms with Crippen LogP contribution in [0.15, 0.2) is 79.3 Å². The number of carbonyl (C=O) groups is 4. The summed E-state index contributed by atoms with van der Waals surface area (Å²) in [6.07, 6.45) is 11.7. The van der Waals surface area contributed by atoms with Crippen LogP contribution in [0.5, 0.6) is 5.88 Å². The lowest BCUT2D eigenvalue weighted by atomic mass is 10.0. The smallest absolute Gasteiger partial charge is 0.272 e. The predicted octanol–water partition coefficient (Wildman–Crippen LogP) is 3.33. The Kier molecular flexibility index (Phi) is 9.50. The molecule has 3 fully saturated rings. The zero-order chi connectivity index (χ0) is 37.5. The Morgan fingerprint density at radius 1 is 0.944 bits per heavy atom. The number of pyridine rings is 1. The van der Waals surface area contributed by atoms with Gasteiger partial charge in [-0.15, -0.1) is 0 Å². The number of aromatic nitrogens is 3. The number of benzene rings is 2. The Hall–Kier alpha value is -5.44. The van der Waals surface area contributed by atoms with Crippen molar-refractivity contribution >= 4 is 55.3 Å². The number of hydrogen-bond acceptors (Lipinski definition) is 10. The number of carbonyl (C=O) groups excluding carboxylic acids is 4. The molecule has 4 amide bonds. The summed E-state index contributed by atoms with van der Waals surface area (Å²) in [7, 11) is -3.89. The summed E-state index contributed by atoms with van der Waals surface area (Å²) in [5, 5.41) is 7.76. The monoisotopic (exact) mass is 751 g/mol. The Balaban J connectivity index is 1.12. The molecule has 2 aliphatic heterocycles. The Labute approximate surface area is 312 Å². The van der Waals surface area contributed by atoms with Crippen molar-refractivity contribution in [2.24, 2.45) is 5.92 Å². The molecule has 0 radical (unpaired) electrons. The maximum atomic E-state index is 14.6. The van der Waals surface area contributed by atoms with Crippen LogP contribution in [-0.2, 0) is 24.4 Å². The van der Waals surface area contributed by atoms with Crippen molar-refractivity contribution in [1.82, 2.24) is 35.2 Å². The topological polar surface area (TPSA) is 190 Å². The molecule has 0 bridgehead atoms. The van der Waals surface area contributed by atoms with Gasteiger partial charge < -0.3 is 20.3 Å². The van der Waals surface area contributed by atoms with Crippen molar-refractivity contribution in [2.45, 2.75) is 86.8 Å². The van der Waals surface area contributed by atoms with Crippen molar-refractivity contribution in [3.63, 3.8) is 0 Å². The summed E-state index contributed by atoms with van der Waals surface area (Å²) in [5.74, 6) is -2.53. The Bertz CT molecular complexity index is 2270. The van der Waals surface area contributed by atoms with Gasteiger partial charge in [0.2, 0.25) is 27.7 Å². The molecular formula is C39H41N7O7S. The fourth-order valence-electron chi connectivity index (χ4n) is 7.62. The first-order valence-corrected chi connectivity index (χ1v) is 20.0. The highest BCUT2D eigenvalue weighted by Crippen LogP contribution is 2.46. The number of nitrogens with one attached hydrogen (secondary N) is 3. The highest BCUT2D eigenvalue weighted by atomic mass is 32.2. The molecule has 1 saturated heterocycles. The Morgan fingerprint density at radius 2 is 1.72 bits per heavy atom. The third kappa shape index (κ3) is 7.11. The quantitative estimate of drug-likeness (QED) is 0.187. The summed E-state index contributed by atoms with van der Waals surface area (Å²) >= 11 is 0. The standard InChI is InChI=1S/C39H41N7O7S/c47-34(32-22-40-18-19-41-32)42-31-15-5-3-1-2-4-10-24-21-39(24,38(50)45-54(51,52)26-16-17-26)44-35(48)33-20-25(23-46(33)37(31)49)53-36-29-13-7-6-11-27(29)28-12-8-9-14-30(28)43-36/h4,6-14,18-19,22,24-26,31,33H,1-3,5,15-17,20-21,23H2,(H,42,47)(H,44,48)(H,45,50)/b10-4-. The molecule has 280 valence electrons. The van der Waals surface area contributed by atoms with Gasteiger partial charge in [-0.25, -0.2) is 18.4 Å². The van der Waals surface area contributed by atoms with Crippen LogP contribution in [0.1, 0.15) is 68.3 Å². The molecule has 0 spiro atoms. The molecule has 4 aliphatic rings. The molecule has 8 rings (SSSR count). The second kappa shape index (κ2) is 14.4. The van der Waals surface area contributed by atoms with Crippen molar-refractivity contribution in [2.75, 3.05) is 6.54 Å². The summed E-state index contributed by atoms with van der Waals surface area (Å²) < 4.78 is 34.5. The van der Waals surface area contributed by atoms with Gasteiger partial charge >= 0.3 is 0 Å². The fourth-order valence-corrected chi connectivity index (χ4v) is 8.98. The summed E-state index contributed by atoms with van der Waals surface area (Å²) in [6.45, 7) is -0.00411. The van der Waals surface area contributed by atoms with Crippen LogP contribution < -0.4 is 20.1 Å². The minimum Gasteiger partial charge on any atom is -0.472 e. The van der Waals surface area contributed by atoms with E-state index in [0.29, 0.717) is 38.0 Å². The van der Waals surface area contributed by atoms with Gasteiger partial charge in [-0.3, -0.25) is 28.9 Å². The third-order valence-electron chi connectivity index (χ3n) is 10.8. The molecule has 14 nitrogen and oxygen atoms in total. The predicted molar refractivity (Wildman–Crippen MR) is 198 cm³/mol. The number of sulfonamides is 1. The summed E-state index contributed by atoms with van der Waals surface area (Å²) in [5.41, 5.74) is -0.730. The van der Waals surface area contributed by atoms with E-state index in [2.05, 4.69) is 25.3 Å². The number of rotatable bonds is 7. The normalized spacial score (nSPS) is 26.8. The Morgan fingerprint density at radius 3 is 2.50 bits per heavy atom. The molecule has 5 atom stereocenters. The van der Waals surface area contributed by atoms with E-state index in [9.17, 15) is 27.6 Å². The molecule has 54 heavy (non-hydrogen) atoms. The zero-order valence-corrected chi connectivity index (χ0v) is 30.3. The maximum Gasteiger partial charge on any atom is 0.272 e. The second-order valence-corrected chi connectivity index (χ2v) is 16.6. The van der Waals surface area contributed by atoms with Crippen molar-refractivity contribution in [3.8, 4) is 5.88 Å². The molecule has 3 N–H and O–H groups in total. The van der Waals surface area contributed by atoms with Gasteiger partial charge in [0.1, 0.15) is 29.4 Å². The average molecular weight is 752 g/mol. The highest BCUT2D eigenvalue weighted by Gasteiger charge is 2.62. The lowest BCUT2D eigenvalue weighted by Gasteiger charge is -2.29. The minimum absolute atomic E-state index is 0.00411. The van der Waals surface area contributed by atoms with Crippen LogP contribution in [0.3, 0.4) is 0 Å². The lowest BCUT2D eigenvalue weighted by molar-refractivity contribution is -0.141. The van der Waals surface area contributed by atoms with Gasteiger partial charge in [-0.2, -0.15) is 0 Å². The van der Waals surface area contributed by atoms with Crippen LogP contribution in [0.25, 0.3) is 21.7 Å². The van der Waals surface area contributed by atoms with Gasteiger partial charge in [0.15, 0.2) is 0 Å². The number of hydrogen-bond donors (Lipinski definition) is 3. The first-order chi connectivity index (χ1) is 26.1. The summed E-state index contributed by atoms with van der Waals surface area (Å²) in [4.78, 5) is 70.4. The van der Waals surface area contributed by atoms with Crippen LogP contribution in [-0.4, -0.2) is 87.4 Å². The highest BCUT2D eigenvalue weighted by molar-refractivity contribution is 7.91. The van der Waals surface area contributed by atoms with Crippen LogP contribution in [0, 0.1) is 5.92 Å². The first kappa shape index (κ1) is 35.6. The maximum absolute atomic E-state index is 14.6. The number of nitrogens with zero attached hydrogens (tertiary/aromatic N) is 4. The second-order valence-electron chi connectivity index (χ2n) is 14.6. The van der Waals surface area contributed by atoms with E-state index in [0.717, 1.165) is 34.5 Å². The first-order valence-electron chi connectivity index (χ1n) is 18.5. The lowest BCUT2D eigenvalue weighted by Crippen LogP contribution is -2.58. The van der Waals surface area contributed by atoms with Gasteiger partial charge in [-0.05, 0) is 56.0 Å². The fraction of sp³-hybridized carbons (Fsp3) is 0.410. The molecule has 5 unspecified atom stereocenters. The number of para-hydroxylation sites is 1. The van der Waals surface area contributed by atoms with E-state index in [1.807, 2.05) is 60.7 Å². The SMILES string of the molecule is O=C(NC1CCCCC/C=C\C2CC2(C(=O)NS(=O)(=O)C2CC2)NC(=O)C2CC(Oc3nc4ccccc4c4ccccc34)CN2C1=O)c1cnccn1. The van der Waals surface area contributed by atoms with E-state index in [1.165, 1.54) is 23.5 Å². The number of fused-ring (bicyclic) bond motifs is 5. The van der Waals surface area contributed by atoms with E-state index in [4.69, 9.17) is 9.72 Å². The van der Waals surface area contributed by atoms with Gasteiger partial charge in [0.25, 0.3) is 11.8 Å². The molecule has 2 aromatic heterocycles. The molecule has 4 aromatic rings. The molecule has 2 aliphatic carbocycles. The van der Waals surface area contributed by atoms with E-state index in [-0.39, 0.29) is 25.1 Å². The van der Waals surface area contributed by atoms with Crippen molar-refractivity contribution in [1.29, 1.82) is 0 Å². The molecular weight excluding hydrogens is 711 g/mol. The largest absolute Gasteiger partial charge is 0.472 e. The number of allylic oxidation sites excluding steroid dienone is 1. The molecule has 2 aromatic carbocycles. The number of amides is 4. The zero-order valence-electron chi connectivity index (χ0n) is 29.5. The third-order valence-corrected chi connectivity index (χ3v) is 12.6. The van der Waals surface area contributed by atoms with Gasteiger partial charge in [-0.1, -0.05) is 61.4 Å². The molecule has 2 saturated carbocycles. The molecule has 4 heterocycles. The van der Waals surface area contributed by atoms with E-state index < -0.39 is 68.5 Å². The van der Waals surface area contributed by atoms with Crippen LogP contribution in [0.2, 0.25) is 0 Å². The van der Waals surface area contributed by atoms with E-state index in [1.54, 1.807) is 0 Å². The minimum atomic E-state index is -3.89. The van der Waals surface area contributed by atoms with Gasteiger partial charge in [0.05, 0.1) is 23.5 Å². The van der Waals surface area contributed by atoms with Crippen molar-refractivity contribution < 1.29 is 32.3 Å². The van der Waals surface area contributed by atoms with Crippen LogP contribution >= 0.6 is 0 Å². The average Bonchev–Trinajstić information content (AvgIpc) is 4.11. The molecule has 15 heteroatoms. The van der Waals surface area contributed by atoms with Crippen LogP contribution in [0.4, 0.5) is 0 Å². The number of ether oxygens (including phenoxy) is 1. The summed E-state index contributed by atoms with van der Waals surface area (Å²) in [6, 6.07) is 13.3. The van der Waals surface area contributed by atoms with Crippen molar-refractivity contribution in [3.05, 3.63) is 85.0 Å². The van der Waals surface area contributed by atoms with Gasteiger partial charge in [0, 0.05) is 35.5 Å².